The number of anilines is 2. The molecule has 3 amide bonds. The summed E-state index contributed by atoms with van der Waals surface area (Å²) >= 11 is 5.87. The van der Waals surface area contributed by atoms with E-state index in [9.17, 15) is 14.4 Å². The molecule has 0 bridgehead atoms. The van der Waals surface area contributed by atoms with Gasteiger partial charge in [-0.15, -0.1) is 0 Å². The maximum absolute atomic E-state index is 12.7. The first-order valence-corrected chi connectivity index (χ1v) is 9.20. The number of nitrogens with one attached hydrogen (secondary N) is 3. The highest BCUT2D eigenvalue weighted by atomic mass is 35.5. The van der Waals surface area contributed by atoms with Gasteiger partial charge in [0.1, 0.15) is 0 Å². The minimum atomic E-state index is -0.545. The molecule has 0 saturated heterocycles. The van der Waals surface area contributed by atoms with Crippen LogP contribution in [0.1, 0.15) is 15.9 Å². The molecule has 0 unspecified atom stereocenters. The van der Waals surface area contributed by atoms with Crippen LogP contribution in [-0.2, 0) is 4.79 Å². The van der Waals surface area contributed by atoms with Gasteiger partial charge in [-0.1, -0.05) is 60.1 Å². The van der Waals surface area contributed by atoms with E-state index in [0.717, 1.165) is 0 Å². The highest BCUT2D eigenvalue weighted by molar-refractivity contribution is 6.30. The van der Waals surface area contributed by atoms with Crippen LogP contribution in [0.3, 0.4) is 0 Å². The largest absolute Gasteiger partial charge is 0.329 e. The Balaban J connectivity index is 1.60. The van der Waals surface area contributed by atoms with Gasteiger partial charge in [0.15, 0.2) is 5.78 Å². The fourth-order valence-electron chi connectivity index (χ4n) is 2.63. The van der Waals surface area contributed by atoms with Crippen molar-refractivity contribution in [2.24, 2.45) is 0 Å². The highest BCUT2D eigenvalue weighted by Gasteiger charge is 2.15. The van der Waals surface area contributed by atoms with Crippen molar-refractivity contribution < 1.29 is 14.4 Å². The predicted octanol–water partition coefficient (Wildman–Crippen LogP) is 4.33. The Kier molecular flexibility index (Phi) is 6.60. The van der Waals surface area contributed by atoms with Crippen LogP contribution in [0.25, 0.3) is 0 Å². The van der Waals surface area contributed by atoms with Gasteiger partial charge in [0.25, 0.3) is 0 Å². The molecule has 29 heavy (non-hydrogen) atoms. The fraction of sp³-hybridized carbons (Fsp3) is 0.0455. The van der Waals surface area contributed by atoms with E-state index >= 15 is 0 Å². The zero-order valence-corrected chi connectivity index (χ0v) is 16.1. The van der Waals surface area contributed by atoms with Crippen LogP contribution < -0.4 is 16.0 Å². The van der Waals surface area contributed by atoms with Crippen molar-refractivity contribution in [2.75, 3.05) is 17.2 Å². The molecule has 7 heteroatoms. The molecular formula is C22H18ClN3O3. The van der Waals surface area contributed by atoms with Crippen molar-refractivity contribution in [3.63, 3.8) is 0 Å². The predicted molar refractivity (Wildman–Crippen MR) is 113 cm³/mol. The number of para-hydroxylation sites is 1. The summed E-state index contributed by atoms with van der Waals surface area (Å²) in [7, 11) is 0. The molecule has 0 heterocycles. The lowest BCUT2D eigenvalue weighted by Gasteiger charge is -2.11. The Hall–Kier alpha value is -3.64. The molecule has 0 aliphatic carbocycles. The normalized spacial score (nSPS) is 10.1. The van der Waals surface area contributed by atoms with E-state index in [1.807, 2.05) is 6.07 Å². The van der Waals surface area contributed by atoms with Gasteiger partial charge in [-0.3, -0.25) is 9.59 Å². The SMILES string of the molecule is O=C(CNC(=O)Nc1cccc(Cl)c1)Nc1ccccc1C(=O)c1ccccc1. The van der Waals surface area contributed by atoms with Crippen LogP contribution in [0.15, 0.2) is 78.9 Å². The number of halogens is 1. The third kappa shape index (κ3) is 5.67. The van der Waals surface area contributed by atoms with Gasteiger partial charge < -0.3 is 16.0 Å². The topological polar surface area (TPSA) is 87.3 Å². The highest BCUT2D eigenvalue weighted by Crippen LogP contribution is 2.19. The molecule has 6 nitrogen and oxygen atoms in total. The van der Waals surface area contributed by atoms with Crippen LogP contribution in [0.4, 0.5) is 16.2 Å². The smallest absolute Gasteiger partial charge is 0.319 e. The van der Waals surface area contributed by atoms with E-state index in [-0.39, 0.29) is 12.3 Å². The molecule has 0 aromatic heterocycles. The molecule has 0 aliphatic heterocycles. The average Bonchev–Trinajstić information content (AvgIpc) is 2.73. The fourth-order valence-corrected chi connectivity index (χ4v) is 2.82. The second kappa shape index (κ2) is 9.52. The summed E-state index contributed by atoms with van der Waals surface area (Å²) in [5, 5.41) is 8.20. The molecule has 3 aromatic carbocycles. The molecular weight excluding hydrogens is 390 g/mol. The second-order valence-corrected chi connectivity index (χ2v) is 6.54. The van der Waals surface area contributed by atoms with Crippen molar-refractivity contribution in [2.45, 2.75) is 0 Å². The third-order valence-electron chi connectivity index (χ3n) is 3.97. The summed E-state index contributed by atoms with van der Waals surface area (Å²) in [5.74, 6) is -0.660. The van der Waals surface area contributed by atoms with Gasteiger partial charge in [0.05, 0.1) is 12.2 Å². The van der Waals surface area contributed by atoms with Crippen LogP contribution in [0, 0.1) is 0 Å². The molecule has 3 N–H and O–H groups in total. The van der Waals surface area contributed by atoms with E-state index in [0.29, 0.717) is 27.5 Å². The Morgan fingerprint density at radius 1 is 0.793 bits per heavy atom. The molecule has 0 saturated carbocycles. The summed E-state index contributed by atoms with van der Waals surface area (Å²) in [6.45, 7) is -0.264. The number of rotatable bonds is 6. The van der Waals surface area contributed by atoms with Crippen molar-refractivity contribution in [1.29, 1.82) is 0 Å². The molecule has 3 aromatic rings. The number of urea groups is 1. The van der Waals surface area contributed by atoms with E-state index in [2.05, 4.69) is 16.0 Å². The molecule has 146 valence electrons. The summed E-state index contributed by atoms with van der Waals surface area (Å²) in [6, 6.07) is 21.6. The van der Waals surface area contributed by atoms with Crippen molar-refractivity contribution >= 4 is 40.7 Å². The molecule has 0 aliphatic rings. The van der Waals surface area contributed by atoms with E-state index in [1.54, 1.807) is 72.8 Å². The molecule has 0 atom stereocenters. The molecule has 0 fully saturated rings. The minimum absolute atomic E-state index is 0.201. The number of amides is 3. The van der Waals surface area contributed by atoms with Crippen molar-refractivity contribution in [1.82, 2.24) is 5.32 Å². The number of carbonyl (C=O) groups is 3. The summed E-state index contributed by atoms with van der Waals surface area (Å²) in [4.78, 5) is 36.9. The number of hydrogen-bond acceptors (Lipinski definition) is 3. The quantitative estimate of drug-likeness (QED) is 0.531. The van der Waals surface area contributed by atoms with Gasteiger partial charge in [-0.2, -0.15) is 0 Å². The third-order valence-corrected chi connectivity index (χ3v) is 4.21. The molecule has 0 radical (unpaired) electrons. The maximum Gasteiger partial charge on any atom is 0.319 e. The zero-order valence-electron chi connectivity index (χ0n) is 15.3. The first-order chi connectivity index (χ1) is 14.0. The second-order valence-electron chi connectivity index (χ2n) is 6.11. The minimum Gasteiger partial charge on any atom is -0.329 e. The van der Waals surface area contributed by atoms with E-state index < -0.39 is 11.9 Å². The summed E-state index contributed by atoms with van der Waals surface area (Å²) in [6.07, 6.45) is 0. The van der Waals surface area contributed by atoms with Gasteiger partial charge in [-0.25, -0.2) is 4.79 Å². The van der Waals surface area contributed by atoms with Gasteiger partial charge in [-0.05, 0) is 30.3 Å². The lowest BCUT2D eigenvalue weighted by Crippen LogP contribution is -2.36. The summed E-state index contributed by atoms with van der Waals surface area (Å²) in [5.41, 5.74) is 1.78. The Bertz CT molecular complexity index is 1040. The number of hydrogen-bond donors (Lipinski definition) is 3. The van der Waals surface area contributed by atoms with Gasteiger partial charge >= 0.3 is 6.03 Å². The van der Waals surface area contributed by atoms with E-state index in [4.69, 9.17) is 11.6 Å². The zero-order chi connectivity index (χ0) is 20.6. The summed E-state index contributed by atoms with van der Waals surface area (Å²) < 4.78 is 0. The van der Waals surface area contributed by atoms with E-state index in [1.165, 1.54) is 0 Å². The Morgan fingerprint density at radius 2 is 1.52 bits per heavy atom. The Morgan fingerprint density at radius 3 is 2.28 bits per heavy atom. The van der Waals surface area contributed by atoms with Crippen LogP contribution in [0.2, 0.25) is 5.02 Å². The number of benzene rings is 3. The average molecular weight is 408 g/mol. The maximum atomic E-state index is 12.7. The van der Waals surface area contributed by atoms with Crippen LogP contribution in [-0.4, -0.2) is 24.3 Å². The van der Waals surface area contributed by atoms with Gasteiger partial charge in [0.2, 0.25) is 5.91 Å². The Labute approximate surface area is 172 Å². The van der Waals surface area contributed by atoms with Crippen LogP contribution >= 0.6 is 11.6 Å². The number of ketones is 1. The number of carbonyl (C=O) groups excluding carboxylic acids is 3. The van der Waals surface area contributed by atoms with Gasteiger partial charge in [0, 0.05) is 21.8 Å². The van der Waals surface area contributed by atoms with Crippen molar-refractivity contribution in [3.8, 4) is 0 Å². The molecule has 0 spiro atoms. The first kappa shape index (κ1) is 20.1. The lowest BCUT2D eigenvalue weighted by molar-refractivity contribution is -0.115. The van der Waals surface area contributed by atoms with Crippen LogP contribution in [0.5, 0.6) is 0 Å². The molecule has 3 rings (SSSR count). The lowest BCUT2D eigenvalue weighted by atomic mass is 10.0. The first-order valence-electron chi connectivity index (χ1n) is 8.82. The standard InChI is InChI=1S/C22H18ClN3O3/c23-16-9-6-10-17(13-16)25-22(29)24-14-20(27)26-19-12-5-4-11-18(19)21(28)15-7-2-1-3-8-15/h1-13H,14H2,(H,26,27)(H2,24,25,29). The van der Waals surface area contributed by atoms with Crippen molar-refractivity contribution in [3.05, 3.63) is 95.0 Å². The monoisotopic (exact) mass is 407 g/mol.